The molecule has 1 heterocycles. The van der Waals surface area contributed by atoms with Crippen molar-refractivity contribution in [2.24, 2.45) is 7.05 Å². The van der Waals surface area contributed by atoms with Gasteiger partial charge < -0.3 is 5.32 Å². The van der Waals surface area contributed by atoms with Gasteiger partial charge in [-0.2, -0.15) is 5.10 Å². The molecular formula is C14H18BrN3. The van der Waals surface area contributed by atoms with Crippen molar-refractivity contribution in [3.05, 3.63) is 51.8 Å². The lowest BCUT2D eigenvalue weighted by Crippen LogP contribution is -2.20. The molecule has 0 saturated carbocycles. The van der Waals surface area contributed by atoms with Gasteiger partial charge in [0.25, 0.3) is 0 Å². The topological polar surface area (TPSA) is 29.9 Å². The number of benzene rings is 1. The third-order valence-electron chi connectivity index (χ3n) is 3.13. The van der Waals surface area contributed by atoms with Crippen LogP contribution in [0.1, 0.15) is 23.0 Å². The fraction of sp³-hybridized carbons (Fsp3) is 0.357. The molecule has 0 aliphatic carbocycles. The molecule has 0 spiro atoms. The highest BCUT2D eigenvalue weighted by Crippen LogP contribution is 2.20. The molecule has 0 radical (unpaired) electrons. The molecule has 0 fully saturated rings. The van der Waals surface area contributed by atoms with Crippen molar-refractivity contribution >= 4 is 15.9 Å². The first-order chi connectivity index (χ1) is 8.60. The summed E-state index contributed by atoms with van der Waals surface area (Å²) in [7, 11) is 3.99. The molecule has 1 aromatic heterocycles. The van der Waals surface area contributed by atoms with Crippen LogP contribution >= 0.6 is 15.9 Å². The van der Waals surface area contributed by atoms with E-state index in [9.17, 15) is 0 Å². The van der Waals surface area contributed by atoms with Crippen LogP contribution in [-0.4, -0.2) is 16.8 Å². The monoisotopic (exact) mass is 307 g/mol. The van der Waals surface area contributed by atoms with Crippen LogP contribution in [-0.2, 0) is 13.5 Å². The number of hydrogen-bond acceptors (Lipinski definition) is 2. The molecule has 1 atom stereocenters. The van der Waals surface area contributed by atoms with Crippen molar-refractivity contribution in [1.82, 2.24) is 15.1 Å². The van der Waals surface area contributed by atoms with E-state index >= 15 is 0 Å². The van der Waals surface area contributed by atoms with Gasteiger partial charge >= 0.3 is 0 Å². The maximum atomic E-state index is 4.39. The Bertz CT molecular complexity index is 516. The molecule has 1 N–H and O–H groups in total. The summed E-state index contributed by atoms with van der Waals surface area (Å²) in [6.45, 7) is 2.03. The lowest BCUT2D eigenvalue weighted by atomic mass is 10.0. The van der Waals surface area contributed by atoms with E-state index in [1.165, 1.54) is 11.3 Å². The number of rotatable bonds is 4. The average molecular weight is 308 g/mol. The van der Waals surface area contributed by atoms with E-state index < -0.39 is 0 Å². The predicted octanol–water partition coefficient (Wildman–Crippen LogP) is 2.99. The normalized spacial score (nSPS) is 12.7. The molecule has 1 unspecified atom stereocenters. The summed E-state index contributed by atoms with van der Waals surface area (Å²) in [5.74, 6) is 0. The van der Waals surface area contributed by atoms with Gasteiger partial charge in [-0.15, -0.1) is 0 Å². The summed E-state index contributed by atoms with van der Waals surface area (Å²) >= 11 is 3.46. The minimum Gasteiger partial charge on any atom is -0.313 e. The van der Waals surface area contributed by atoms with Crippen LogP contribution in [0.15, 0.2) is 34.8 Å². The van der Waals surface area contributed by atoms with Gasteiger partial charge in [0.1, 0.15) is 0 Å². The molecule has 4 heteroatoms. The van der Waals surface area contributed by atoms with Crippen molar-refractivity contribution in [3.8, 4) is 0 Å². The fourth-order valence-corrected chi connectivity index (χ4v) is 2.41. The van der Waals surface area contributed by atoms with E-state index in [1.807, 2.05) is 25.7 Å². The molecule has 0 saturated heterocycles. The zero-order valence-electron chi connectivity index (χ0n) is 10.9. The Hall–Kier alpha value is -1.13. The summed E-state index contributed by atoms with van der Waals surface area (Å²) < 4.78 is 3.07. The van der Waals surface area contributed by atoms with Gasteiger partial charge in [0, 0.05) is 29.7 Å². The highest BCUT2D eigenvalue weighted by atomic mass is 79.9. The van der Waals surface area contributed by atoms with Gasteiger partial charge in [0.15, 0.2) is 0 Å². The zero-order chi connectivity index (χ0) is 13.1. The molecule has 2 rings (SSSR count). The van der Waals surface area contributed by atoms with Crippen molar-refractivity contribution < 1.29 is 0 Å². The summed E-state index contributed by atoms with van der Waals surface area (Å²) in [6.07, 6.45) is 0.940. The zero-order valence-corrected chi connectivity index (χ0v) is 12.5. The molecule has 0 bridgehead atoms. The maximum absolute atomic E-state index is 4.39. The van der Waals surface area contributed by atoms with Gasteiger partial charge in [-0.25, -0.2) is 0 Å². The van der Waals surface area contributed by atoms with Crippen LogP contribution in [0.3, 0.4) is 0 Å². The Morgan fingerprint density at radius 3 is 2.50 bits per heavy atom. The molecule has 0 aliphatic rings. The van der Waals surface area contributed by atoms with E-state index in [0.717, 1.165) is 16.6 Å². The molecule has 0 aliphatic heterocycles. The minimum atomic E-state index is 0.313. The Morgan fingerprint density at radius 1 is 1.33 bits per heavy atom. The van der Waals surface area contributed by atoms with Crippen LogP contribution in [0.5, 0.6) is 0 Å². The second kappa shape index (κ2) is 5.67. The summed E-state index contributed by atoms with van der Waals surface area (Å²) in [5.41, 5.74) is 3.60. The predicted molar refractivity (Wildman–Crippen MR) is 77.6 cm³/mol. The second-order valence-corrected chi connectivity index (χ2v) is 5.41. The number of likely N-dealkylation sites (N-methyl/N-ethyl adjacent to an activating group) is 1. The lowest BCUT2D eigenvalue weighted by molar-refractivity contribution is 0.561. The third-order valence-corrected chi connectivity index (χ3v) is 3.66. The number of aromatic nitrogens is 2. The molecular weight excluding hydrogens is 290 g/mol. The van der Waals surface area contributed by atoms with Crippen LogP contribution < -0.4 is 5.32 Å². The van der Waals surface area contributed by atoms with Crippen LogP contribution in [0.4, 0.5) is 0 Å². The molecule has 1 aromatic carbocycles. The lowest BCUT2D eigenvalue weighted by Gasteiger charge is -2.16. The van der Waals surface area contributed by atoms with Gasteiger partial charge in [0.2, 0.25) is 0 Å². The summed E-state index contributed by atoms with van der Waals surface area (Å²) in [4.78, 5) is 0. The second-order valence-electron chi connectivity index (χ2n) is 4.50. The van der Waals surface area contributed by atoms with Crippen molar-refractivity contribution in [2.45, 2.75) is 19.4 Å². The molecule has 96 valence electrons. The number of aryl methyl sites for hydroxylation is 2. The largest absolute Gasteiger partial charge is 0.313 e. The first kappa shape index (κ1) is 13.3. The summed E-state index contributed by atoms with van der Waals surface area (Å²) in [6, 6.07) is 10.9. The molecule has 18 heavy (non-hydrogen) atoms. The standard InChI is InChI=1S/C14H18BrN3/c1-10-8-13(18(3)17-10)9-14(16-2)11-4-6-12(15)7-5-11/h4-8,14,16H,9H2,1-3H3. The minimum absolute atomic E-state index is 0.313. The Morgan fingerprint density at radius 2 is 2.00 bits per heavy atom. The quantitative estimate of drug-likeness (QED) is 0.941. The van der Waals surface area contributed by atoms with Crippen molar-refractivity contribution in [3.63, 3.8) is 0 Å². The number of hydrogen-bond donors (Lipinski definition) is 1. The molecule has 0 amide bonds. The fourth-order valence-electron chi connectivity index (χ4n) is 2.15. The van der Waals surface area contributed by atoms with E-state index in [4.69, 9.17) is 0 Å². The highest BCUT2D eigenvalue weighted by Gasteiger charge is 2.12. The summed E-state index contributed by atoms with van der Waals surface area (Å²) in [5, 5.41) is 7.75. The first-order valence-electron chi connectivity index (χ1n) is 6.02. The SMILES string of the molecule is CNC(Cc1cc(C)nn1C)c1ccc(Br)cc1. The van der Waals surface area contributed by atoms with E-state index in [2.05, 4.69) is 56.7 Å². The van der Waals surface area contributed by atoms with Gasteiger partial charge in [-0.3, -0.25) is 4.68 Å². The van der Waals surface area contributed by atoms with Crippen LogP contribution in [0.2, 0.25) is 0 Å². The van der Waals surface area contributed by atoms with Gasteiger partial charge in [-0.1, -0.05) is 28.1 Å². The number of halogens is 1. The highest BCUT2D eigenvalue weighted by molar-refractivity contribution is 9.10. The first-order valence-corrected chi connectivity index (χ1v) is 6.81. The maximum Gasteiger partial charge on any atom is 0.0596 e. The van der Waals surface area contributed by atoms with Crippen LogP contribution in [0, 0.1) is 6.92 Å². The number of nitrogens with one attached hydrogen (secondary N) is 1. The molecule has 3 nitrogen and oxygen atoms in total. The van der Waals surface area contributed by atoms with E-state index in [0.29, 0.717) is 6.04 Å². The Balaban J connectivity index is 2.19. The van der Waals surface area contributed by atoms with Gasteiger partial charge in [0.05, 0.1) is 5.69 Å². The Kier molecular flexibility index (Phi) is 4.19. The van der Waals surface area contributed by atoms with E-state index in [1.54, 1.807) is 0 Å². The van der Waals surface area contributed by atoms with Gasteiger partial charge in [-0.05, 0) is 37.7 Å². The van der Waals surface area contributed by atoms with Crippen molar-refractivity contribution in [2.75, 3.05) is 7.05 Å². The Labute approximate surface area is 116 Å². The number of nitrogens with zero attached hydrogens (tertiary/aromatic N) is 2. The van der Waals surface area contributed by atoms with Crippen LogP contribution in [0.25, 0.3) is 0 Å². The van der Waals surface area contributed by atoms with Crippen molar-refractivity contribution in [1.29, 1.82) is 0 Å². The molecule has 2 aromatic rings. The smallest absolute Gasteiger partial charge is 0.0596 e. The third kappa shape index (κ3) is 3.00. The van der Waals surface area contributed by atoms with E-state index in [-0.39, 0.29) is 0 Å². The average Bonchev–Trinajstić information content (AvgIpc) is 2.66.